The minimum atomic E-state index is -0.627. The van der Waals surface area contributed by atoms with Gasteiger partial charge in [0.25, 0.3) is 0 Å². The van der Waals surface area contributed by atoms with Crippen LogP contribution in [0.15, 0.2) is 24.3 Å². The van der Waals surface area contributed by atoms with Crippen LogP contribution in [0, 0.1) is 6.92 Å². The second kappa shape index (κ2) is 6.31. The number of benzene rings is 1. The van der Waals surface area contributed by atoms with Crippen molar-refractivity contribution in [3.05, 3.63) is 35.4 Å². The number of rotatable bonds is 5. The molecule has 1 aromatic rings. The maximum absolute atomic E-state index is 12.6. The van der Waals surface area contributed by atoms with Gasteiger partial charge in [-0.05, 0) is 19.4 Å². The number of hydrogen-bond acceptors (Lipinski definition) is 3. The Bertz CT molecular complexity index is 411. The fourth-order valence-electron chi connectivity index (χ4n) is 2.53. The van der Waals surface area contributed by atoms with E-state index in [1.165, 1.54) is 5.56 Å². The summed E-state index contributed by atoms with van der Waals surface area (Å²) in [6, 6.07) is 8.12. The van der Waals surface area contributed by atoms with Crippen LogP contribution in [0.4, 0.5) is 0 Å². The number of carbonyl (C=O) groups excluding carboxylic acids is 1. The largest absolute Gasteiger partial charge is 0.381 e. The Hall–Kier alpha value is -1.19. The number of carbonyl (C=O) groups is 1. The van der Waals surface area contributed by atoms with Crippen LogP contribution in [0.25, 0.3) is 0 Å². The molecule has 0 amide bonds. The molecule has 0 radical (unpaired) electrons. The highest BCUT2D eigenvalue weighted by Gasteiger charge is 2.40. The molecule has 19 heavy (non-hydrogen) atoms. The van der Waals surface area contributed by atoms with E-state index in [2.05, 4.69) is 0 Å². The Kier molecular flexibility index (Phi) is 4.72. The second-order valence-corrected chi connectivity index (χ2v) is 5.13. The summed E-state index contributed by atoms with van der Waals surface area (Å²) in [5, 5.41) is 0. The summed E-state index contributed by atoms with van der Waals surface area (Å²) in [7, 11) is 0. The van der Waals surface area contributed by atoms with Gasteiger partial charge in [0.15, 0.2) is 5.78 Å². The highest BCUT2D eigenvalue weighted by atomic mass is 16.5. The average molecular weight is 262 g/mol. The fraction of sp³-hybridized carbons (Fsp3) is 0.562. The molecule has 1 heterocycles. The van der Waals surface area contributed by atoms with Gasteiger partial charge in [0.1, 0.15) is 5.60 Å². The summed E-state index contributed by atoms with van der Waals surface area (Å²) >= 11 is 0. The van der Waals surface area contributed by atoms with Crippen molar-refractivity contribution >= 4 is 5.78 Å². The van der Waals surface area contributed by atoms with Gasteiger partial charge in [0, 0.05) is 39.1 Å². The van der Waals surface area contributed by atoms with Crippen molar-refractivity contribution in [3.8, 4) is 0 Å². The number of ketones is 1. The van der Waals surface area contributed by atoms with E-state index in [1.54, 1.807) is 0 Å². The molecule has 2 rings (SSSR count). The molecule has 0 saturated carbocycles. The summed E-state index contributed by atoms with van der Waals surface area (Å²) in [4.78, 5) is 12.6. The summed E-state index contributed by atoms with van der Waals surface area (Å²) in [5.41, 5.74) is 1.64. The SMILES string of the molecule is CCOC1(C(=O)Cc2ccc(C)cc2)CCOCC1. The van der Waals surface area contributed by atoms with Crippen LogP contribution in [-0.4, -0.2) is 31.2 Å². The third-order valence-corrected chi connectivity index (χ3v) is 3.71. The van der Waals surface area contributed by atoms with Gasteiger partial charge in [-0.3, -0.25) is 4.79 Å². The van der Waals surface area contributed by atoms with E-state index in [1.807, 2.05) is 38.1 Å². The number of aryl methyl sites for hydroxylation is 1. The lowest BCUT2D eigenvalue weighted by molar-refractivity contribution is -0.156. The third kappa shape index (κ3) is 3.43. The number of ether oxygens (including phenoxy) is 2. The Labute approximate surface area is 114 Å². The number of Topliss-reactive ketones (excluding diaryl/α,β-unsaturated/α-hetero) is 1. The van der Waals surface area contributed by atoms with Gasteiger partial charge in [-0.15, -0.1) is 0 Å². The quantitative estimate of drug-likeness (QED) is 0.818. The van der Waals surface area contributed by atoms with Gasteiger partial charge in [-0.2, -0.15) is 0 Å². The molecule has 1 fully saturated rings. The molecule has 1 saturated heterocycles. The van der Waals surface area contributed by atoms with Crippen LogP contribution < -0.4 is 0 Å². The van der Waals surface area contributed by atoms with E-state index in [9.17, 15) is 4.79 Å². The van der Waals surface area contributed by atoms with E-state index in [0.29, 0.717) is 39.1 Å². The summed E-state index contributed by atoms with van der Waals surface area (Å²) in [5.74, 6) is 0.182. The van der Waals surface area contributed by atoms with Gasteiger partial charge in [-0.1, -0.05) is 29.8 Å². The average Bonchev–Trinajstić information content (AvgIpc) is 2.43. The molecule has 0 aliphatic carbocycles. The molecule has 0 bridgehead atoms. The lowest BCUT2D eigenvalue weighted by atomic mass is 9.86. The third-order valence-electron chi connectivity index (χ3n) is 3.71. The van der Waals surface area contributed by atoms with Crippen molar-refractivity contribution in [3.63, 3.8) is 0 Å². The Morgan fingerprint density at radius 3 is 2.47 bits per heavy atom. The van der Waals surface area contributed by atoms with E-state index in [0.717, 1.165) is 5.56 Å². The van der Waals surface area contributed by atoms with Crippen LogP contribution in [0.1, 0.15) is 30.9 Å². The van der Waals surface area contributed by atoms with Crippen molar-refractivity contribution in [2.24, 2.45) is 0 Å². The van der Waals surface area contributed by atoms with E-state index >= 15 is 0 Å². The van der Waals surface area contributed by atoms with Crippen LogP contribution >= 0.6 is 0 Å². The molecular formula is C16H22O3. The molecule has 0 spiro atoms. The first kappa shape index (κ1) is 14.2. The Morgan fingerprint density at radius 1 is 1.26 bits per heavy atom. The summed E-state index contributed by atoms with van der Waals surface area (Å²) in [6.45, 7) is 5.78. The molecule has 0 atom stereocenters. The first-order valence-electron chi connectivity index (χ1n) is 6.97. The Balaban J connectivity index is 2.09. The van der Waals surface area contributed by atoms with E-state index in [-0.39, 0.29) is 5.78 Å². The van der Waals surface area contributed by atoms with Gasteiger partial charge >= 0.3 is 0 Å². The highest BCUT2D eigenvalue weighted by molar-refractivity contribution is 5.89. The molecule has 0 unspecified atom stereocenters. The van der Waals surface area contributed by atoms with Crippen LogP contribution in [0.2, 0.25) is 0 Å². The smallest absolute Gasteiger partial charge is 0.169 e. The van der Waals surface area contributed by atoms with Gasteiger partial charge in [0.05, 0.1) is 0 Å². The van der Waals surface area contributed by atoms with Crippen molar-refractivity contribution in [2.75, 3.05) is 19.8 Å². The van der Waals surface area contributed by atoms with Crippen molar-refractivity contribution in [1.29, 1.82) is 0 Å². The highest BCUT2D eigenvalue weighted by Crippen LogP contribution is 2.27. The fourth-order valence-corrected chi connectivity index (χ4v) is 2.53. The van der Waals surface area contributed by atoms with Crippen molar-refractivity contribution < 1.29 is 14.3 Å². The Morgan fingerprint density at radius 2 is 1.89 bits per heavy atom. The van der Waals surface area contributed by atoms with Crippen LogP contribution in [-0.2, 0) is 20.7 Å². The molecule has 1 aliphatic rings. The number of hydrogen-bond donors (Lipinski definition) is 0. The lowest BCUT2D eigenvalue weighted by Gasteiger charge is -2.35. The van der Waals surface area contributed by atoms with E-state index < -0.39 is 5.60 Å². The zero-order valence-corrected chi connectivity index (χ0v) is 11.8. The lowest BCUT2D eigenvalue weighted by Crippen LogP contribution is -2.47. The van der Waals surface area contributed by atoms with Gasteiger partial charge < -0.3 is 9.47 Å². The zero-order valence-electron chi connectivity index (χ0n) is 11.8. The van der Waals surface area contributed by atoms with Crippen LogP contribution in [0.5, 0.6) is 0 Å². The molecule has 1 aromatic carbocycles. The predicted octanol–water partition coefficient (Wildman–Crippen LogP) is 2.69. The van der Waals surface area contributed by atoms with Gasteiger partial charge in [-0.25, -0.2) is 0 Å². The van der Waals surface area contributed by atoms with Crippen LogP contribution in [0.3, 0.4) is 0 Å². The monoisotopic (exact) mass is 262 g/mol. The molecule has 104 valence electrons. The molecule has 0 N–H and O–H groups in total. The minimum absolute atomic E-state index is 0.182. The zero-order chi connectivity index (χ0) is 13.7. The second-order valence-electron chi connectivity index (χ2n) is 5.13. The molecule has 0 aromatic heterocycles. The predicted molar refractivity (Wildman–Crippen MR) is 74.3 cm³/mol. The molecule has 3 heteroatoms. The van der Waals surface area contributed by atoms with Crippen molar-refractivity contribution in [1.82, 2.24) is 0 Å². The minimum Gasteiger partial charge on any atom is -0.381 e. The first-order chi connectivity index (χ1) is 9.16. The maximum Gasteiger partial charge on any atom is 0.169 e. The summed E-state index contributed by atoms with van der Waals surface area (Å²) < 4.78 is 11.2. The van der Waals surface area contributed by atoms with Gasteiger partial charge in [0.2, 0.25) is 0 Å². The van der Waals surface area contributed by atoms with E-state index in [4.69, 9.17) is 9.47 Å². The van der Waals surface area contributed by atoms with Crippen molar-refractivity contribution in [2.45, 2.75) is 38.7 Å². The first-order valence-corrected chi connectivity index (χ1v) is 6.97. The molecule has 3 nitrogen and oxygen atoms in total. The normalized spacial score (nSPS) is 18.2. The summed E-state index contributed by atoms with van der Waals surface area (Å²) in [6.07, 6.45) is 1.79. The standard InChI is InChI=1S/C16H22O3/c1-3-19-16(8-10-18-11-9-16)15(17)12-14-6-4-13(2)5-7-14/h4-7H,3,8-12H2,1-2H3. The maximum atomic E-state index is 12.6. The molecule has 1 aliphatic heterocycles. The molecular weight excluding hydrogens is 240 g/mol. The topological polar surface area (TPSA) is 35.5 Å².